The van der Waals surface area contributed by atoms with Crippen LogP contribution in [-0.4, -0.2) is 47.3 Å². The van der Waals surface area contributed by atoms with Crippen LogP contribution in [0.4, 0.5) is 0 Å². The van der Waals surface area contributed by atoms with Gasteiger partial charge in [-0.15, -0.1) is 0 Å². The van der Waals surface area contributed by atoms with E-state index in [1.165, 1.54) is 0 Å². The lowest BCUT2D eigenvalue weighted by Gasteiger charge is -2.26. The Bertz CT molecular complexity index is 594. The Hall–Kier alpha value is -2.12. The first-order valence-corrected chi connectivity index (χ1v) is 10.6. The summed E-state index contributed by atoms with van der Waals surface area (Å²) in [7, 11) is 0. The Labute approximate surface area is 179 Å². The average molecular weight is 431 g/mol. The molecule has 8 nitrogen and oxygen atoms in total. The van der Waals surface area contributed by atoms with E-state index >= 15 is 0 Å². The van der Waals surface area contributed by atoms with Gasteiger partial charge in [0.15, 0.2) is 0 Å². The number of rotatable bonds is 9. The maximum Gasteiger partial charge on any atom is 0.311 e. The topological polar surface area (TPSA) is 127 Å². The van der Waals surface area contributed by atoms with Crippen molar-refractivity contribution in [2.75, 3.05) is 13.2 Å². The molecule has 174 valence electrons. The third kappa shape index (κ3) is 9.13. The van der Waals surface area contributed by atoms with Crippen LogP contribution in [0.25, 0.3) is 0 Å². The van der Waals surface area contributed by atoms with Gasteiger partial charge in [0.2, 0.25) is 0 Å². The van der Waals surface area contributed by atoms with Crippen LogP contribution in [0.3, 0.4) is 0 Å². The van der Waals surface area contributed by atoms with Gasteiger partial charge in [0, 0.05) is 0 Å². The molecule has 1 aliphatic carbocycles. The molecule has 0 aliphatic heterocycles. The Morgan fingerprint density at radius 2 is 1.27 bits per heavy atom. The highest BCUT2D eigenvalue weighted by Crippen LogP contribution is 2.31. The lowest BCUT2D eigenvalue weighted by molar-refractivity contribution is -0.164. The highest BCUT2D eigenvalue weighted by Gasteiger charge is 2.36. The number of ether oxygens (including phenoxy) is 2. The van der Waals surface area contributed by atoms with E-state index in [2.05, 4.69) is 0 Å². The number of carbonyl (C=O) groups is 4. The standard InChI is InChI=1S/C16H26O6.C6H12O2/c1-4-16(2,3)15(20)22-10-9-21-14(19)12-8-6-5-7-11(12)13(17)18;1-4-6(2,3)5(7)8/h11-12H,4-10H2,1-3H3,(H,17,18);4H2,1-3H3,(H,7,8). The van der Waals surface area contributed by atoms with E-state index < -0.39 is 40.6 Å². The molecule has 0 spiro atoms. The summed E-state index contributed by atoms with van der Waals surface area (Å²) in [5.74, 6) is -3.75. The first-order chi connectivity index (χ1) is 13.8. The fourth-order valence-corrected chi connectivity index (χ4v) is 2.58. The van der Waals surface area contributed by atoms with Crippen molar-refractivity contribution in [3.63, 3.8) is 0 Å². The fourth-order valence-electron chi connectivity index (χ4n) is 2.58. The Morgan fingerprint density at radius 3 is 1.67 bits per heavy atom. The first kappa shape index (κ1) is 27.9. The molecule has 30 heavy (non-hydrogen) atoms. The summed E-state index contributed by atoms with van der Waals surface area (Å²) in [5.41, 5.74) is -1.10. The molecular formula is C22H38O8. The smallest absolute Gasteiger partial charge is 0.311 e. The second-order valence-electron chi connectivity index (χ2n) is 8.92. The fraction of sp³-hybridized carbons (Fsp3) is 0.818. The van der Waals surface area contributed by atoms with Crippen LogP contribution in [0.2, 0.25) is 0 Å². The third-order valence-electron chi connectivity index (χ3n) is 5.85. The number of hydrogen-bond donors (Lipinski definition) is 2. The second kappa shape index (κ2) is 12.5. The van der Waals surface area contributed by atoms with E-state index in [1.807, 2.05) is 13.8 Å². The van der Waals surface area contributed by atoms with Crippen LogP contribution in [-0.2, 0) is 28.7 Å². The second-order valence-corrected chi connectivity index (χ2v) is 8.92. The van der Waals surface area contributed by atoms with E-state index in [-0.39, 0.29) is 19.2 Å². The summed E-state index contributed by atoms with van der Waals surface area (Å²) in [6.07, 6.45) is 4.05. The van der Waals surface area contributed by atoms with Crippen molar-refractivity contribution in [1.82, 2.24) is 0 Å². The van der Waals surface area contributed by atoms with Crippen LogP contribution < -0.4 is 0 Å². The number of carboxylic acids is 2. The molecule has 1 saturated carbocycles. The zero-order chi connectivity index (χ0) is 23.5. The van der Waals surface area contributed by atoms with Gasteiger partial charge in [-0.1, -0.05) is 26.7 Å². The molecule has 1 fully saturated rings. The number of aliphatic carboxylic acids is 2. The van der Waals surface area contributed by atoms with Crippen molar-refractivity contribution >= 4 is 23.9 Å². The van der Waals surface area contributed by atoms with E-state index in [4.69, 9.17) is 19.7 Å². The highest BCUT2D eigenvalue weighted by atomic mass is 16.6. The summed E-state index contributed by atoms with van der Waals surface area (Å²) in [4.78, 5) is 45.1. The molecular weight excluding hydrogens is 392 g/mol. The predicted molar refractivity (Wildman–Crippen MR) is 111 cm³/mol. The predicted octanol–water partition coefficient (Wildman–Crippen LogP) is 3.91. The zero-order valence-electron chi connectivity index (χ0n) is 19.2. The lowest BCUT2D eigenvalue weighted by atomic mass is 9.79. The molecule has 1 aliphatic rings. The zero-order valence-corrected chi connectivity index (χ0v) is 19.2. The van der Waals surface area contributed by atoms with Crippen LogP contribution >= 0.6 is 0 Å². The maximum absolute atomic E-state index is 12.0. The summed E-state index contributed by atoms with van der Waals surface area (Å²) in [6, 6.07) is 0. The van der Waals surface area contributed by atoms with Crippen molar-refractivity contribution in [2.45, 2.75) is 80.1 Å². The number of carbonyl (C=O) groups excluding carboxylic acids is 2. The lowest BCUT2D eigenvalue weighted by Crippen LogP contribution is -2.34. The van der Waals surface area contributed by atoms with Gasteiger partial charge < -0.3 is 19.7 Å². The van der Waals surface area contributed by atoms with Gasteiger partial charge in [0.05, 0.1) is 22.7 Å². The monoisotopic (exact) mass is 430 g/mol. The molecule has 8 heteroatoms. The van der Waals surface area contributed by atoms with Crippen molar-refractivity contribution in [3.05, 3.63) is 0 Å². The molecule has 0 bridgehead atoms. The number of carboxylic acid groups (broad SMARTS) is 2. The minimum absolute atomic E-state index is 0.00153. The molecule has 2 unspecified atom stereocenters. The first-order valence-electron chi connectivity index (χ1n) is 10.6. The number of esters is 2. The van der Waals surface area contributed by atoms with Crippen LogP contribution in [0.1, 0.15) is 80.1 Å². The Kier molecular flexibility index (Phi) is 11.7. The third-order valence-corrected chi connectivity index (χ3v) is 5.85. The molecule has 0 aromatic carbocycles. The molecule has 0 aromatic rings. The summed E-state index contributed by atoms with van der Waals surface area (Å²) in [6.45, 7) is 10.8. The molecule has 0 aromatic heterocycles. The molecule has 2 atom stereocenters. The Morgan fingerprint density at radius 1 is 0.800 bits per heavy atom. The van der Waals surface area contributed by atoms with Crippen LogP contribution in [0.15, 0.2) is 0 Å². The normalized spacial score (nSPS) is 19.1. The summed E-state index contributed by atoms with van der Waals surface area (Å²) >= 11 is 0. The average Bonchev–Trinajstić information content (AvgIpc) is 2.70. The van der Waals surface area contributed by atoms with Gasteiger partial charge in [0.25, 0.3) is 0 Å². The maximum atomic E-state index is 12.0. The van der Waals surface area contributed by atoms with Gasteiger partial charge in [-0.3, -0.25) is 19.2 Å². The van der Waals surface area contributed by atoms with Crippen molar-refractivity contribution < 1.29 is 38.9 Å². The molecule has 0 radical (unpaired) electrons. The van der Waals surface area contributed by atoms with Crippen molar-refractivity contribution in [2.24, 2.45) is 22.7 Å². The summed E-state index contributed by atoms with van der Waals surface area (Å²) in [5, 5.41) is 17.6. The SMILES string of the molecule is CCC(C)(C)C(=O)O.CCC(C)(C)C(=O)OCCOC(=O)C1CCCCC1C(=O)O. The van der Waals surface area contributed by atoms with E-state index in [0.29, 0.717) is 25.7 Å². The van der Waals surface area contributed by atoms with Gasteiger partial charge >= 0.3 is 23.9 Å². The number of hydrogen-bond acceptors (Lipinski definition) is 6. The van der Waals surface area contributed by atoms with Crippen molar-refractivity contribution in [1.29, 1.82) is 0 Å². The minimum Gasteiger partial charge on any atom is -0.481 e. The molecule has 1 rings (SSSR count). The minimum atomic E-state index is -0.947. The highest BCUT2D eigenvalue weighted by molar-refractivity contribution is 5.81. The van der Waals surface area contributed by atoms with Crippen molar-refractivity contribution in [3.8, 4) is 0 Å². The molecule has 0 amide bonds. The van der Waals surface area contributed by atoms with Gasteiger partial charge in [-0.05, 0) is 53.4 Å². The van der Waals surface area contributed by atoms with Crippen LogP contribution in [0.5, 0.6) is 0 Å². The summed E-state index contributed by atoms with van der Waals surface area (Å²) < 4.78 is 10.2. The van der Waals surface area contributed by atoms with E-state index in [9.17, 15) is 19.2 Å². The molecule has 2 N–H and O–H groups in total. The van der Waals surface area contributed by atoms with Gasteiger partial charge in [-0.25, -0.2) is 0 Å². The molecule has 0 heterocycles. The largest absolute Gasteiger partial charge is 0.481 e. The van der Waals surface area contributed by atoms with Gasteiger partial charge in [0.1, 0.15) is 13.2 Å². The van der Waals surface area contributed by atoms with Gasteiger partial charge in [-0.2, -0.15) is 0 Å². The van der Waals surface area contributed by atoms with Crippen LogP contribution in [0, 0.1) is 22.7 Å². The Balaban J connectivity index is 0.000000890. The van der Waals surface area contributed by atoms with E-state index in [1.54, 1.807) is 27.7 Å². The van der Waals surface area contributed by atoms with E-state index in [0.717, 1.165) is 12.8 Å². The molecule has 0 saturated heterocycles. The quantitative estimate of drug-likeness (QED) is 0.416.